The molecular formula is C69H78N6O8. The van der Waals surface area contributed by atoms with Gasteiger partial charge in [0.05, 0.1) is 37.4 Å². The number of benzene rings is 8. The van der Waals surface area contributed by atoms with Gasteiger partial charge in [-0.15, -0.1) is 0 Å². The Labute approximate surface area is 487 Å². The number of nitrogen functional groups attached to an aromatic ring is 2. The number of aliphatic hydroxyl groups is 6. The van der Waals surface area contributed by atoms with Crippen molar-refractivity contribution in [2.45, 2.75) is 121 Å². The highest BCUT2D eigenvalue weighted by molar-refractivity contribution is 5.77. The summed E-state index contributed by atoms with van der Waals surface area (Å²) < 4.78 is 0. The molecule has 83 heavy (non-hydrogen) atoms. The smallest absolute Gasteiger partial charge is 0.321 e. The summed E-state index contributed by atoms with van der Waals surface area (Å²) in [5.41, 5.74) is 22.1. The van der Waals surface area contributed by atoms with Gasteiger partial charge < -0.3 is 61.7 Å². The number of anilines is 2. The maximum atomic E-state index is 14.6. The summed E-state index contributed by atoms with van der Waals surface area (Å²) in [4.78, 5) is 36.0. The summed E-state index contributed by atoms with van der Waals surface area (Å²) in [6.07, 6.45) is -3.28. The van der Waals surface area contributed by atoms with E-state index in [2.05, 4.69) is 0 Å². The maximum absolute atomic E-state index is 14.6. The Kier molecular flexibility index (Phi) is 21.3. The summed E-state index contributed by atoms with van der Waals surface area (Å²) in [6.45, 7) is 0.768. The van der Waals surface area contributed by atoms with Crippen LogP contribution in [0.2, 0.25) is 0 Å². The van der Waals surface area contributed by atoms with E-state index >= 15 is 0 Å². The predicted molar refractivity (Wildman–Crippen MR) is 326 cm³/mol. The molecule has 8 aromatic carbocycles. The maximum Gasteiger partial charge on any atom is 0.321 e. The molecule has 2 saturated heterocycles. The van der Waals surface area contributed by atoms with Crippen LogP contribution in [0.15, 0.2) is 218 Å². The van der Waals surface area contributed by atoms with Gasteiger partial charge in [0.2, 0.25) is 0 Å². The van der Waals surface area contributed by atoms with Crippen molar-refractivity contribution in [3.63, 3.8) is 0 Å². The number of nitrogens with two attached hydrogens (primary N) is 2. The van der Waals surface area contributed by atoms with Crippen LogP contribution in [0.3, 0.4) is 0 Å². The molecule has 8 aromatic rings. The van der Waals surface area contributed by atoms with Gasteiger partial charge in [0.25, 0.3) is 0 Å². The second-order valence-corrected chi connectivity index (χ2v) is 21.5. The van der Waals surface area contributed by atoms with Gasteiger partial charge in [0, 0.05) is 37.6 Å². The highest BCUT2D eigenvalue weighted by Crippen LogP contribution is 2.33. The minimum atomic E-state index is -1.21. The number of carbonyl (C=O) groups excluding carboxylic acids is 2. The first-order valence-corrected chi connectivity index (χ1v) is 27.9. The molecule has 2 heterocycles. The van der Waals surface area contributed by atoms with Crippen molar-refractivity contribution in [1.82, 2.24) is 19.6 Å². The van der Waals surface area contributed by atoms with Crippen LogP contribution in [0.25, 0.3) is 0 Å². The van der Waals surface area contributed by atoms with Crippen LogP contribution in [0.5, 0.6) is 0 Å². The SMILES string of the molecule is C.Nc1cccc(CN2C(=O)N(Cc3cccc(N)c3)C(Cc3ccccc3)C(O)C(O)C2Cc2ccccc2)c1.O=C1N(Cc2ccc(CO)cc2)C(Cc2ccccc2)C(O)C(O)C(Cc2ccccc2)N1Cc1ccc(CO)cc1. The van der Waals surface area contributed by atoms with Gasteiger partial charge in [-0.3, -0.25) is 0 Å². The monoisotopic (exact) mass is 1120 g/mol. The molecule has 0 aromatic heterocycles. The zero-order valence-electron chi connectivity index (χ0n) is 45.9. The molecule has 0 aliphatic carbocycles. The van der Waals surface area contributed by atoms with Crippen molar-refractivity contribution >= 4 is 23.4 Å². The Morgan fingerprint density at radius 1 is 0.301 bits per heavy atom. The zero-order valence-corrected chi connectivity index (χ0v) is 45.9. The number of hydrogen-bond donors (Lipinski definition) is 8. The van der Waals surface area contributed by atoms with E-state index < -0.39 is 48.6 Å². The van der Waals surface area contributed by atoms with Gasteiger partial charge >= 0.3 is 12.1 Å². The molecule has 2 fully saturated rings. The van der Waals surface area contributed by atoms with E-state index in [1.165, 1.54) is 0 Å². The average Bonchev–Trinajstić information content (AvgIpc) is 3.57. The van der Waals surface area contributed by atoms with E-state index in [9.17, 15) is 40.2 Å². The Hall–Kier alpha value is -8.34. The van der Waals surface area contributed by atoms with Gasteiger partial charge in [-0.05, 0) is 106 Å². The summed E-state index contributed by atoms with van der Waals surface area (Å²) >= 11 is 0. The highest BCUT2D eigenvalue weighted by atomic mass is 16.3. The zero-order chi connectivity index (χ0) is 57.5. The average molecular weight is 1120 g/mol. The van der Waals surface area contributed by atoms with Crippen molar-refractivity contribution in [3.05, 3.63) is 274 Å². The fourth-order valence-corrected chi connectivity index (χ4v) is 11.3. The van der Waals surface area contributed by atoms with Crippen molar-refractivity contribution in [2.75, 3.05) is 11.5 Å². The number of amides is 4. The predicted octanol–water partition coefficient (Wildman–Crippen LogP) is 8.92. The second kappa shape index (κ2) is 29.1. The standard InChI is InChI=1S/C35H38N2O5.C33H36N4O3.CH4/c38-23-29-15-11-27(12-16-29)21-36-31(19-25-7-3-1-4-8-25)33(40)34(41)32(20-26-9-5-2-6-10-26)37(35(36)42)22-28-13-17-30(24-39)18-14-28;34-27-15-7-13-25(17-27)21-36-29(19-23-9-3-1-4-10-23)31(38)32(39)30(20-24-11-5-2-6-12-24)37(33(36)40)22-26-14-8-16-28(35)18-26;/h1-18,31-34,38-41H,19-24H2;1-18,29-32,38-39H,19-22,34-35H2;1H4. The highest BCUT2D eigenvalue weighted by Gasteiger charge is 2.48. The van der Waals surface area contributed by atoms with Gasteiger partial charge in [0.1, 0.15) is 24.4 Å². The van der Waals surface area contributed by atoms with E-state index in [1.54, 1.807) is 31.7 Å². The van der Waals surface area contributed by atoms with Crippen LogP contribution in [0, 0.1) is 0 Å². The van der Waals surface area contributed by atoms with Crippen LogP contribution in [0.4, 0.5) is 21.0 Å². The normalized spacial score (nSPS) is 20.8. The molecule has 0 saturated carbocycles. The minimum Gasteiger partial charge on any atom is -0.399 e. The number of hydrogen-bond acceptors (Lipinski definition) is 10. The summed E-state index contributed by atoms with van der Waals surface area (Å²) in [6, 6.07) is 65.3. The lowest BCUT2D eigenvalue weighted by Crippen LogP contribution is -2.50. The molecule has 2 aliphatic heterocycles. The third kappa shape index (κ3) is 15.6. The third-order valence-electron chi connectivity index (χ3n) is 15.7. The van der Waals surface area contributed by atoms with Gasteiger partial charge in [0.15, 0.2) is 0 Å². The van der Waals surface area contributed by atoms with E-state index in [4.69, 9.17) is 11.5 Å². The first-order chi connectivity index (χ1) is 39.8. The molecule has 8 atom stereocenters. The molecule has 10 N–H and O–H groups in total. The van der Waals surface area contributed by atoms with E-state index in [0.717, 1.165) is 55.6 Å². The summed E-state index contributed by atoms with van der Waals surface area (Å²) in [5.74, 6) is 0. The molecule has 14 nitrogen and oxygen atoms in total. The van der Waals surface area contributed by atoms with Crippen molar-refractivity contribution in [3.8, 4) is 0 Å². The summed E-state index contributed by atoms with van der Waals surface area (Å²) in [7, 11) is 0. The van der Waals surface area contributed by atoms with E-state index in [1.807, 2.05) is 206 Å². The number of rotatable bonds is 18. The molecule has 8 unspecified atom stereocenters. The number of urea groups is 2. The molecule has 4 amide bonds. The topological polar surface area (TPSA) is 221 Å². The lowest BCUT2D eigenvalue weighted by Gasteiger charge is -2.36. The molecule has 0 radical (unpaired) electrons. The van der Waals surface area contributed by atoms with Crippen molar-refractivity contribution in [1.29, 1.82) is 0 Å². The number of carbonyl (C=O) groups is 2. The van der Waals surface area contributed by atoms with Crippen LogP contribution in [0.1, 0.15) is 63.1 Å². The van der Waals surface area contributed by atoms with Crippen molar-refractivity contribution in [2.24, 2.45) is 0 Å². The van der Waals surface area contributed by atoms with Gasteiger partial charge in [-0.2, -0.15) is 0 Å². The van der Waals surface area contributed by atoms with Crippen LogP contribution in [-0.2, 0) is 65.1 Å². The molecule has 10 rings (SSSR count). The Bertz CT molecular complexity index is 3050. The van der Waals surface area contributed by atoms with E-state index in [-0.39, 0.29) is 58.9 Å². The molecule has 0 spiro atoms. The molecule has 0 bridgehead atoms. The second-order valence-electron chi connectivity index (χ2n) is 21.5. The largest absolute Gasteiger partial charge is 0.399 e. The minimum absolute atomic E-state index is 0. The number of nitrogens with zero attached hydrogens (tertiary/aromatic N) is 4. The number of aliphatic hydroxyl groups excluding tert-OH is 6. The molecular weight excluding hydrogens is 1040 g/mol. The lowest BCUT2D eigenvalue weighted by atomic mass is 9.91. The lowest BCUT2D eigenvalue weighted by molar-refractivity contribution is -0.0408. The summed E-state index contributed by atoms with van der Waals surface area (Å²) in [5, 5.41) is 66.1. The van der Waals surface area contributed by atoms with E-state index in [0.29, 0.717) is 37.1 Å². The van der Waals surface area contributed by atoms with Crippen LogP contribution < -0.4 is 11.5 Å². The van der Waals surface area contributed by atoms with Gasteiger partial charge in [-0.1, -0.05) is 202 Å². The fourth-order valence-electron chi connectivity index (χ4n) is 11.3. The van der Waals surface area contributed by atoms with Crippen molar-refractivity contribution < 1.29 is 40.2 Å². The Morgan fingerprint density at radius 3 is 0.771 bits per heavy atom. The molecule has 432 valence electrons. The van der Waals surface area contributed by atoms with Crippen LogP contribution in [-0.4, -0.2) is 111 Å². The fraction of sp³-hybridized carbons (Fsp3) is 0.275. The third-order valence-corrected chi connectivity index (χ3v) is 15.7. The quantitative estimate of drug-likeness (QED) is 0.0381. The Balaban J connectivity index is 0.000000215. The first kappa shape index (κ1) is 60.7. The Morgan fingerprint density at radius 2 is 0.530 bits per heavy atom. The molecule has 2 aliphatic rings. The van der Waals surface area contributed by atoms with Crippen LogP contribution >= 0.6 is 0 Å². The first-order valence-electron chi connectivity index (χ1n) is 27.9. The van der Waals surface area contributed by atoms with Gasteiger partial charge in [-0.25, -0.2) is 9.59 Å². The molecule has 14 heteroatoms.